The summed E-state index contributed by atoms with van der Waals surface area (Å²) >= 11 is 18.2. The quantitative estimate of drug-likeness (QED) is 0.357. The van der Waals surface area contributed by atoms with Crippen LogP contribution in [0.5, 0.6) is 17.2 Å². The highest BCUT2D eigenvalue weighted by atomic mass is 35.5. The van der Waals surface area contributed by atoms with Crippen molar-refractivity contribution in [2.45, 2.75) is 13.5 Å². The summed E-state index contributed by atoms with van der Waals surface area (Å²) in [5, 5.41) is 3.63. The van der Waals surface area contributed by atoms with E-state index < -0.39 is 0 Å². The first-order chi connectivity index (χ1) is 14.9. The van der Waals surface area contributed by atoms with Gasteiger partial charge in [-0.25, -0.2) is 0 Å². The fourth-order valence-corrected chi connectivity index (χ4v) is 3.43. The molecule has 5 nitrogen and oxygen atoms in total. The topological polar surface area (TPSA) is 56.8 Å². The van der Waals surface area contributed by atoms with Crippen LogP contribution in [0.1, 0.15) is 22.8 Å². The van der Waals surface area contributed by atoms with Crippen LogP contribution in [-0.4, -0.2) is 19.6 Å². The molecule has 3 aromatic rings. The Kier molecular flexibility index (Phi) is 7.91. The first kappa shape index (κ1) is 23.1. The summed E-state index contributed by atoms with van der Waals surface area (Å²) in [4.78, 5) is 12.8. The molecule has 0 atom stereocenters. The van der Waals surface area contributed by atoms with Crippen molar-refractivity contribution in [1.29, 1.82) is 0 Å². The summed E-state index contributed by atoms with van der Waals surface area (Å²) in [5.74, 6) is 1.47. The maximum atomic E-state index is 12.8. The summed E-state index contributed by atoms with van der Waals surface area (Å²) in [6.45, 7) is 2.55. The van der Waals surface area contributed by atoms with Crippen LogP contribution in [0.3, 0.4) is 0 Å². The molecule has 3 rings (SSSR count). The van der Waals surface area contributed by atoms with Crippen LogP contribution in [0.2, 0.25) is 15.1 Å². The van der Waals surface area contributed by atoms with Gasteiger partial charge < -0.3 is 19.5 Å². The number of ether oxygens (including phenoxy) is 3. The Morgan fingerprint density at radius 2 is 1.58 bits per heavy atom. The van der Waals surface area contributed by atoms with Crippen LogP contribution in [0, 0.1) is 0 Å². The number of rotatable bonds is 8. The first-order valence-electron chi connectivity index (χ1n) is 9.40. The average molecular weight is 481 g/mol. The van der Waals surface area contributed by atoms with Gasteiger partial charge in [-0.1, -0.05) is 46.9 Å². The van der Waals surface area contributed by atoms with E-state index in [2.05, 4.69) is 5.32 Å². The SMILES string of the molecule is CCOc1ccc(C(=O)Nc2cc(Cl)c(Cl)cc2Cl)cc1COc1ccccc1OC. The molecule has 0 radical (unpaired) electrons. The molecule has 0 aliphatic heterocycles. The molecule has 0 bridgehead atoms. The number of carbonyl (C=O) groups excluding carboxylic acids is 1. The van der Waals surface area contributed by atoms with Crippen molar-refractivity contribution < 1.29 is 19.0 Å². The molecule has 1 N–H and O–H groups in total. The van der Waals surface area contributed by atoms with Gasteiger partial charge in [0, 0.05) is 11.1 Å². The van der Waals surface area contributed by atoms with Crippen molar-refractivity contribution in [3.05, 3.63) is 80.8 Å². The molecule has 0 spiro atoms. The Balaban J connectivity index is 1.83. The lowest BCUT2D eigenvalue weighted by molar-refractivity contribution is 0.102. The zero-order chi connectivity index (χ0) is 22.4. The average Bonchev–Trinajstić information content (AvgIpc) is 2.77. The number of para-hydroxylation sites is 2. The first-order valence-corrected chi connectivity index (χ1v) is 10.5. The molecule has 0 saturated carbocycles. The predicted molar refractivity (Wildman–Crippen MR) is 124 cm³/mol. The number of nitrogens with one attached hydrogen (secondary N) is 1. The minimum Gasteiger partial charge on any atom is -0.493 e. The number of anilines is 1. The van der Waals surface area contributed by atoms with Gasteiger partial charge in [-0.2, -0.15) is 0 Å². The fourth-order valence-electron chi connectivity index (χ4n) is 2.84. The van der Waals surface area contributed by atoms with E-state index in [0.29, 0.717) is 50.7 Å². The summed E-state index contributed by atoms with van der Waals surface area (Å²) in [7, 11) is 1.58. The Bertz CT molecular complexity index is 1090. The lowest BCUT2D eigenvalue weighted by atomic mass is 10.1. The van der Waals surface area contributed by atoms with Gasteiger partial charge in [-0.05, 0) is 49.4 Å². The monoisotopic (exact) mass is 479 g/mol. The van der Waals surface area contributed by atoms with E-state index in [1.54, 1.807) is 25.3 Å². The maximum absolute atomic E-state index is 12.8. The number of halogens is 3. The van der Waals surface area contributed by atoms with Gasteiger partial charge in [-0.15, -0.1) is 0 Å². The minimum absolute atomic E-state index is 0.185. The lowest BCUT2D eigenvalue weighted by Gasteiger charge is -2.15. The third-order valence-electron chi connectivity index (χ3n) is 4.33. The maximum Gasteiger partial charge on any atom is 0.255 e. The highest BCUT2D eigenvalue weighted by Gasteiger charge is 2.15. The van der Waals surface area contributed by atoms with E-state index in [4.69, 9.17) is 49.0 Å². The smallest absolute Gasteiger partial charge is 0.255 e. The van der Waals surface area contributed by atoms with Crippen LogP contribution < -0.4 is 19.5 Å². The molecule has 162 valence electrons. The van der Waals surface area contributed by atoms with Crippen LogP contribution in [0.4, 0.5) is 5.69 Å². The normalized spacial score (nSPS) is 10.5. The fraction of sp³-hybridized carbons (Fsp3) is 0.174. The molecule has 0 heterocycles. The second-order valence-electron chi connectivity index (χ2n) is 6.40. The Morgan fingerprint density at radius 1 is 0.871 bits per heavy atom. The Morgan fingerprint density at radius 3 is 2.29 bits per heavy atom. The van der Waals surface area contributed by atoms with Crippen LogP contribution >= 0.6 is 34.8 Å². The Hall–Kier alpha value is -2.60. The van der Waals surface area contributed by atoms with Gasteiger partial charge in [0.15, 0.2) is 11.5 Å². The van der Waals surface area contributed by atoms with Crippen molar-refractivity contribution in [2.24, 2.45) is 0 Å². The third-order valence-corrected chi connectivity index (χ3v) is 5.37. The van der Waals surface area contributed by atoms with E-state index in [-0.39, 0.29) is 17.5 Å². The zero-order valence-electron chi connectivity index (χ0n) is 16.9. The number of amides is 1. The predicted octanol–water partition coefficient (Wildman–Crippen LogP) is 6.89. The second-order valence-corrected chi connectivity index (χ2v) is 7.62. The van der Waals surface area contributed by atoms with E-state index >= 15 is 0 Å². The lowest BCUT2D eigenvalue weighted by Crippen LogP contribution is -2.13. The molecule has 31 heavy (non-hydrogen) atoms. The van der Waals surface area contributed by atoms with Crippen molar-refractivity contribution in [2.75, 3.05) is 19.0 Å². The van der Waals surface area contributed by atoms with Crippen molar-refractivity contribution >= 4 is 46.4 Å². The van der Waals surface area contributed by atoms with Crippen molar-refractivity contribution in [1.82, 2.24) is 0 Å². The summed E-state index contributed by atoms with van der Waals surface area (Å²) < 4.78 is 16.9. The van der Waals surface area contributed by atoms with Gasteiger partial charge in [0.25, 0.3) is 5.91 Å². The number of carbonyl (C=O) groups is 1. The molecule has 0 aliphatic carbocycles. The molecule has 0 aromatic heterocycles. The number of hydrogen-bond acceptors (Lipinski definition) is 4. The van der Waals surface area contributed by atoms with E-state index in [1.165, 1.54) is 12.1 Å². The van der Waals surface area contributed by atoms with Crippen molar-refractivity contribution in [3.8, 4) is 17.2 Å². The molecule has 0 saturated heterocycles. The van der Waals surface area contributed by atoms with Crippen LogP contribution in [0.15, 0.2) is 54.6 Å². The molecule has 0 aliphatic rings. The molecule has 1 amide bonds. The highest BCUT2D eigenvalue weighted by Crippen LogP contribution is 2.33. The van der Waals surface area contributed by atoms with E-state index in [0.717, 1.165) is 0 Å². The van der Waals surface area contributed by atoms with Crippen LogP contribution in [0.25, 0.3) is 0 Å². The molecule has 0 unspecified atom stereocenters. The highest BCUT2D eigenvalue weighted by molar-refractivity contribution is 6.44. The Labute approximate surface area is 195 Å². The molecule has 8 heteroatoms. The number of methoxy groups -OCH3 is 1. The molecular weight excluding hydrogens is 461 g/mol. The second kappa shape index (κ2) is 10.6. The number of hydrogen-bond donors (Lipinski definition) is 1. The van der Waals surface area contributed by atoms with Crippen molar-refractivity contribution in [3.63, 3.8) is 0 Å². The summed E-state index contributed by atoms with van der Waals surface area (Å²) in [6.07, 6.45) is 0. The molecule has 0 fully saturated rings. The summed E-state index contributed by atoms with van der Waals surface area (Å²) in [6, 6.07) is 15.4. The van der Waals surface area contributed by atoms with Gasteiger partial charge in [0.2, 0.25) is 0 Å². The largest absolute Gasteiger partial charge is 0.493 e. The number of benzene rings is 3. The van der Waals surface area contributed by atoms with E-state index in [9.17, 15) is 4.79 Å². The van der Waals surface area contributed by atoms with Gasteiger partial charge >= 0.3 is 0 Å². The summed E-state index contributed by atoms with van der Waals surface area (Å²) in [5.41, 5.74) is 1.48. The van der Waals surface area contributed by atoms with Gasteiger partial charge in [0.05, 0.1) is 34.5 Å². The third kappa shape index (κ3) is 5.76. The molecule has 3 aromatic carbocycles. The standard InChI is InChI=1S/C23H20Cl3NO4/c1-3-30-20-9-8-14(23(28)27-19-12-17(25)16(24)11-18(19)26)10-15(20)13-31-22-7-5-4-6-21(22)29-2/h4-12H,3,13H2,1-2H3,(H,27,28). The molecular formula is C23H20Cl3NO4. The van der Waals surface area contributed by atoms with E-state index in [1.807, 2.05) is 31.2 Å². The van der Waals surface area contributed by atoms with Gasteiger partial charge in [0.1, 0.15) is 12.4 Å². The zero-order valence-corrected chi connectivity index (χ0v) is 19.1. The van der Waals surface area contributed by atoms with Crippen LogP contribution in [-0.2, 0) is 6.61 Å². The minimum atomic E-state index is -0.359. The van der Waals surface area contributed by atoms with Gasteiger partial charge in [-0.3, -0.25) is 4.79 Å².